The molecule has 0 bridgehead atoms. The number of non-ortho nitro benzene ring substituents is 1. The van der Waals surface area contributed by atoms with Gasteiger partial charge in [-0.1, -0.05) is 11.2 Å². The van der Waals surface area contributed by atoms with E-state index >= 15 is 0 Å². The predicted octanol–water partition coefficient (Wildman–Crippen LogP) is 4.07. The first-order valence-electron chi connectivity index (χ1n) is 7.20. The molecule has 0 saturated carbocycles. The molecule has 0 radical (unpaired) electrons. The van der Waals surface area contributed by atoms with Crippen LogP contribution in [0.1, 0.15) is 11.3 Å². The van der Waals surface area contributed by atoms with E-state index < -0.39 is 10.9 Å². The number of nitro groups is 1. The maximum Gasteiger partial charge on any atom is 0.331 e. The Morgan fingerprint density at radius 3 is 2.80 bits per heavy atom. The van der Waals surface area contributed by atoms with Crippen molar-refractivity contribution in [2.45, 2.75) is 6.61 Å². The molecule has 0 saturated heterocycles. The second-order valence-corrected chi connectivity index (χ2v) is 5.90. The molecular formula is C17H12N2O5S. The number of benzene rings is 1. The Kier molecular flexibility index (Phi) is 5.00. The number of nitrogens with zero attached hydrogens (tertiary/aromatic N) is 2. The van der Waals surface area contributed by atoms with Crippen molar-refractivity contribution in [1.29, 1.82) is 0 Å². The fourth-order valence-electron chi connectivity index (χ4n) is 1.98. The maximum absolute atomic E-state index is 11.7. The summed E-state index contributed by atoms with van der Waals surface area (Å²) in [5.41, 5.74) is 1.16. The van der Waals surface area contributed by atoms with Crippen LogP contribution in [0.15, 0.2) is 58.4 Å². The van der Waals surface area contributed by atoms with Gasteiger partial charge in [-0.3, -0.25) is 10.1 Å². The minimum atomic E-state index is -0.543. The molecule has 2 heterocycles. The van der Waals surface area contributed by atoms with Gasteiger partial charge in [-0.05, 0) is 35.2 Å². The van der Waals surface area contributed by atoms with Crippen LogP contribution in [0.25, 0.3) is 16.7 Å². The van der Waals surface area contributed by atoms with Crippen LogP contribution in [-0.2, 0) is 16.1 Å². The molecule has 8 heteroatoms. The van der Waals surface area contributed by atoms with Crippen LogP contribution in [0.5, 0.6) is 0 Å². The number of rotatable bonds is 6. The molecule has 25 heavy (non-hydrogen) atoms. The summed E-state index contributed by atoms with van der Waals surface area (Å²) >= 11 is 1.53. The van der Waals surface area contributed by atoms with Crippen molar-refractivity contribution in [1.82, 2.24) is 5.16 Å². The Bertz CT molecular complexity index is 898. The van der Waals surface area contributed by atoms with Gasteiger partial charge >= 0.3 is 5.97 Å². The number of thiophene rings is 1. The van der Waals surface area contributed by atoms with E-state index in [-0.39, 0.29) is 12.3 Å². The molecule has 0 aliphatic carbocycles. The molecule has 126 valence electrons. The zero-order valence-corrected chi connectivity index (χ0v) is 13.6. The molecule has 1 aromatic carbocycles. The lowest BCUT2D eigenvalue weighted by Gasteiger charge is -1.97. The Hall–Kier alpha value is -3.26. The van der Waals surface area contributed by atoms with Gasteiger partial charge in [0.1, 0.15) is 12.3 Å². The van der Waals surface area contributed by atoms with Crippen molar-refractivity contribution < 1.29 is 19.0 Å². The number of hydrogen-bond donors (Lipinski definition) is 0. The molecule has 0 spiro atoms. The van der Waals surface area contributed by atoms with Crippen molar-refractivity contribution in [3.63, 3.8) is 0 Å². The van der Waals surface area contributed by atoms with Gasteiger partial charge < -0.3 is 9.26 Å². The van der Waals surface area contributed by atoms with Gasteiger partial charge in [-0.2, -0.15) is 0 Å². The lowest BCUT2D eigenvalue weighted by atomic mass is 10.2. The predicted molar refractivity (Wildman–Crippen MR) is 91.7 cm³/mol. The minimum absolute atomic E-state index is 0.00168. The van der Waals surface area contributed by atoms with Gasteiger partial charge in [0.05, 0.1) is 9.80 Å². The topological polar surface area (TPSA) is 95.5 Å². The van der Waals surface area contributed by atoms with Gasteiger partial charge in [0, 0.05) is 24.3 Å². The van der Waals surface area contributed by atoms with Crippen molar-refractivity contribution >= 4 is 29.1 Å². The summed E-state index contributed by atoms with van der Waals surface area (Å²) in [6, 6.07) is 11.4. The molecule has 0 N–H and O–H groups in total. The van der Waals surface area contributed by atoms with Crippen molar-refractivity contribution in [2.75, 3.05) is 0 Å². The van der Waals surface area contributed by atoms with E-state index in [1.54, 1.807) is 18.2 Å². The van der Waals surface area contributed by atoms with Crippen LogP contribution < -0.4 is 0 Å². The summed E-state index contributed by atoms with van der Waals surface area (Å²) in [5, 5.41) is 16.4. The largest absolute Gasteiger partial charge is 0.456 e. The lowest BCUT2D eigenvalue weighted by Crippen LogP contribution is -2.00. The van der Waals surface area contributed by atoms with Crippen LogP contribution in [0, 0.1) is 10.1 Å². The van der Waals surface area contributed by atoms with Crippen LogP contribution in [-0.4, -0.2) is 16.0 Å². The fourth-order valence-corrected chi connectivity index (χ4v) is 2.65. The van der Waals surface area contributed by atoms with Crippen molar-refractivity contribution in [3.05, 3.63) is 75.3 Å². The van der Waals surface area contributed by atoms with E-state index in [4.69, 9.17) is 9.26 Å². The number of nitro benzene ring substituents is 1. The number of carbonyl (C=O) groups is 1. The van der Waals surface area contributed by atoms with E-state index in [1.165, 1.54) is 35.6 Å². The van der Waals surface area contributed by atoms with Crippen molar-refractivity contribution in [3.8, 4) is 10.6 Å². The highest BCUT2D eigenvalue weighted by molar-refractivity contribution is 7.13. The number of hydrogen-bond acceptors (Lipinski definition) is 7. The first-order chi connectivity index (χ1) is 12.1. The average molecular weight is 356 g/mol. The highest BCUT2D eigenvalue weighted by atomic mass is 32.1. The van der Waals surface area contributed by atoms with Crippen LogP contribution in [0.4, 0.5) is 5.69 Å². The molecule has 0 unspecified atom stereocenters. The van der Waals surface area contributed by atoms with E-state index in [2.05, 4.69) is 5.16 Å². The number of aromatic nitrogens is 1. The summed E-state index contributed by atoms with van der Waals surface area (Å²) in [5.74, 6) is 0.0847. The molecular weight excluding hydrogens is 344 g/mol. The van der Waals surface area contributed by atoms with Gasteiger partial charge in [0.25, 0.3) is 5.69 Å². The monoisotopic (exact) mass is 356 g/mol. The zero-order valence-electron chi connectivity index (χ0n) is 12.8. The first kappa shape index (κ1) is 16.6. The third-order valence-electron chi connectivity index (χ3n) is 3.20. The Morgan fingerprint density at radius 2 is 2.12 bits per heavy atom. The highest BCUT2D eigenvalue weighted by Gasteiger charge is 2.09. The molecule has 0 fully saturated rings. The number of esters is 1. The first-order valence-corrected chi connectivity index (χ1v) is 8.08. The molecule has 3 rings (SSSR count). The summed E-state index contributed by atoms with van der Waals surface area (Å²) in [7, 11) is 0. The summed E-state index contributed by atoms with van der Waals surface area (Å²) in [4.78, 5) is 22.8. The van der Waals surface area contributed by atoms with Gasteiger partial charge in [-0.25, -0.2) is 4.79 Å². The van der Waals surface area contributed by atoms with Gasteiger partial charge in [-0.15, -0.1) is 11.3 Å². The minimum Gasteiger partial charge on any atom is -0.456 e. The number of ether oxygens (including phenoxy) is 1. The molecule has 0 aliphatic rings. The third kappa shape index (κ3) is 4.39. The Balaban J connectivity index is 1.53. The van der Waals surface area contributed by atoms with E-state index in [1.807, 2.05) is 17.5 Å². The normalized spacial score (nSPS) is 10.9. The second kappa shape index (κ2) is 7.54. The van der Waals surface area contributed by atoms with Crippen LogP contribution in [0.3, 0.4) is 0 Å². The molecule has 2 aromatic heterocycles. The van der Waals surface area contributed by atoms with E-state index in [0.29, 0.717) is 17.0 Å². The summed E-state index contributed by atoms with van der Waals surface area (Å²) in [6.07, 6.45) is 2.77. The van der Waals surface area contributed by atoms with Crippen molar-refractivity contribution in [2.24, 2.45) is 0 Å². The maximum atomic E-state index is 11.7. The number of carbonyl (C=O) groups excluding carboxylic acids is 1. The smallest absolute Gasteiger partial charge is 0.331 e. The lowest BCUT2D eigenvalue weighted by molar-refractivity contribution is -0.384. The summed E-state index contributed by atoms with van der Waals surface area (Å²) < 4.78 is 10.3. The Morgan fingerprint density at radius 1 is 1.32 bits per heavy atom. The third-order valence-corrected chi connectivity index (χ3v) is 4.09. The van der Waals surface area contributed by atoms with E-state index in [9.17, 15) is 14.9 Å². The summed E-state index contributed by atoms with van der Waals surface area (Å²) in [6.45, 7) is -0.00168. The van der Waals surface area contributed by atoms with Crippen LogP contribution >= 0.6 is 11.3 Å². The van der Waals surface area contributed by atoms with E-state index in [0.717, 1.165) is 4.88 Å². The standard InChI is InChI=1S/C17H12N2O5S/c20-17(8-5-12-3-6-14(7-4-12)19(21)22)23-11-13-10-15(24-18-13)16-2-1-9-25-16/h1-10H,11H2/b8-5+. The van der Waals surface area contributed by atoms with Gasteiger partial charge in [0.2, 0.25) is 0 Å². The van der Waals surface area contributed by atoms with Gasteiger partial charge in [0.15, 0.2) is 5.76 Å². The zero-order chi connectivity index (χ0) is 17.6. The molecule has 0 atom stereocenters. The molecule has 0 aliphatic heterocycles. The molecule has 3 aromatic rings. The highest BCUT2D eigenvalue weighted by Crippen LogP contribution is 2.25. The fraction of sp³-hybridized carbons (Fsp3) is 0.0588. The molecule has 0 amide bonds. The second-order valence-electron chi connectivity index (χ2n) is 4.95. The quantitative estimate of drug-likeness (QED) is 0.286. The Labute approximate surface area is 146 Å². The average Bonchev–Trinajstić information content (AvgIpc) is 3.29. The molecule has 7 nitrogen and oxygen atoms in total. The van der Waals surface area contributed by atoms with Crippen LogP contribution in [0.2, 0.25) is 0 Å². The SMILES string of the molecule is O=C(/C=C/c1ccc([N+](=O)[O-])cc1)OCc1cc(-c2cccs2)on1.